The van der Waals surface area contributed by atoms with E-state index in [-0.39, 0.29) is 5.60 Å². The van der Waals surface area contributed by atoms with E-state index in [9.17, 15) is 0 Å². The van der Waals surface area contributed by atoms with Crippen LogP contribution in [0.5, 0.6) is 5.75 Å². The lowest BCUT2D eigenvalue weighted by atomic mass is 10.1. The summed E-state index contributed by atoms with van der Waals surface area (Å²) in [6.45, 7) is 7.28. The first kappa shape index (κ1) is 14.1. The minimum Gasteiger partial charge on any atom is -0.491 e. The number of rotatable bonds is 9. The lowest BCUT2D eigenvalue weighted by molar-refractivity contribution is 0.202. The Bertz CT molecular complexity index is 390. The molecular formula is C17H24O2. The molecule has 1 aliphatic heterocycles. The van der Waals surface area contributed by atoms with Gasteiger partial charge in [-0.3, -0.25) is 0 Å². The third-order valence-electron chi connectivity index (χ3n) is 3.48. The Morgan fingerprint density at radius 1 is 1.26 bits per heavy atom. The van der Waals surface area contributed by atoms with Crippen LogP contribution in [0.2, 0.25) is 0 Å². The Balaban J connectivity index is 1.67. The first-order chi connectivity index (χ1) is 9.22. The van der Waals surface area contributed by atoms with Crippen molar-refractivity contribution in [1.29, 1.82) is 0 Å². The maximum atomic E-state index is 5.71. The normalized spacial score (nSPS) is 21.1. The van der Waals surface area contributed by atoms with Crippen LogP contribution in [-0.4, -0.2) is 18.8 Å². The topological polar surface area (TPSA) is 21.8 Å². The van der Waals surface area contributed by atoms with Gasteiger partial charge in [0, 0.05) is 0 Å². The summed E-state index contributed by atoms with van der Waals surface area (Å²) >= 11 is 0. The maximum Gasteiger partial charge on any atom is 0.123 e. The Morgan fingerprint density at radius 3 is 2.63 bits per heavy atom. The van der Waals surface area contributed by atoms with E-state index in [1.807, 2.05) is 6.08 Å². The van der Waals surface area contributed by atoms with Gasteiger partial charge in [-0.2, -0.15) is 0 Å². The SMILES string of the molecule is C=CCCCCCc1ccc(OCC2(C)CO2)cc1. The molecule has 2 rings (SSSR count). The molecule has 1 saturated heterocycles. The summed E-state index contributed by atoms with van der Waals surface area (Å²) < 4.78 is 11.0. The van der Waals surface area contributed by atoms with Gasteiger partial charge in [-0.25, -0.2) is 0 Å². The van der Waals surface area contributed by atoms with Crippen LogP contribution in [0.15, 0.2) is 36.9 Å². The minimum absolute atomic E-state index is 0.0379. The average molecular weight is 260 g/mol. The van der Waals surface area contributed by atoms with Gasteiger partial charge in [0.25, 0.3) is 0 Å². The second-order valence-corrected chi connectivity index (χ2v) is 5.56. The van der Waals surface area contributed by atoms with Gasteiger partial charge < -0.3 is 9.47 Å². The van der Waals surface area contributed by atoms with Crippen molar-refractivity contribution >= 4 is 0 Å². The number of ether oxygens (including phenoxy) is 2. The number of epoxide rings is 1. The molecule has 19 heavy (non-hydrogen) atoms. The van der Waals surface area contributed by atoms with Crippen molar-refractivity contribution < 1.29 is 9.47 Å². The van der Waals surface area contributed by atoms with Gasteiger partial charge in [0.2, 0.25) is 0 Å². The second-order valence-electron chi connectivity index (χ2n) is 5.56. The van der Waals surface area contributed by atoms with Crippen LogP contribution in [0.3, 0.4) is 0 Å². The van der Waals surface area contributed by atoms with Crippen molar-refractivity contribution in [3.8, 4) is 5.75 Å². The Hall–Kier alpha value is -1.28. The lowest BCUT2D eigenvalue weighted by Gasteiger charge is -2.09. The van der Waals surface area contributed by atoms with Crippen LogP contribution in [-0.2, 0) is 11.2 Å². The molecule has 1 fully saturated rings. The molecule has 1 atom stereocenters. The van der Waals surface area contributed by atoms with Crippen molar-refractivity contribution in [3.63, 3.8) is 0 Å². The predicted molar refractivity (Wildman–Crippen MR) is 78.7 cm³/mol. The van der Waals surface area contributed by atoms with Crippen LogP contribution in [0.25, 0.3) is 0 Å². The van der Waals surface area contributed by atoms with E-state index in [1.165, 1.54) is 24.8 Å². The predicted octanol–water partition coefficient (Wildman–Crippen LogP) is 4.14. The van der Waals surface area contributed by atoms with Crippen molar-refractivity contribution in [1.82, 2.24) is 0 Å². The van der Waals surface area contributed by atoms with Gasteiger partial charge >= 0.3 is 0 Å². The monoisotopic (exact) mass is 260 g/mol. The van der Waals surface area contributed by atoms with Crippen molar-refractivity contribution in [2.24, 2.45) is 0 Å². The summed E-state index contributed by atoms with van der Waals surface area (Å²) in [5.41, 5.74) is 1.35. The molecule has 0 aromatic heterocycles. The minimum atomic E-state index is -0.0379. The molecule has 0 amide bonds. The maximum absolute atomic E-state index is 5.71. The molecule has 104 valence electrons. The number of hydrogen-bond acceptors (Lipinski definition) is 2. The van der Waals surface area contributed by atoms with Crippen LogP contribution in [0.1, 0.15) is 38.2 Å². The molecular weight excluding hydrogens is 236 g/mol. The molecule has 2 nitrogen and oxygen atoms in total. The van der Waals surface area contributed by atoms with Crippen molar-refractivity contribution in [2.45, 2.75) is 44.6 Å². The van der Waals surface area contributed by atoms with Crippen molar-refractivity contribution in [3.05, 3.63) is 42.5 Å². The molecule has 1 aromatic carbocycles. The van der Waals surface area contributed by atoms with E-state index in [0.29, 0.717) is 6.61 Å². The van der Waals surface area contributed by atoms with Gasteiger partial charge in [-0.15, -0.1) is 6.58 Å². The molecule has 1 aliphatic rings. The molecule has 0 bridgehead atoms. The Kier molecular flexibility index (Phi) is 5.03. The molecule has 1 unspecified atom stereocenters. The highest BCUT2D eigenvalue weighted by Crippen LogP contribution is 2.27. The third-order valence-corrected chi connectivity index (χ3v) is 3.48. The van der Waals surface area contributed by atoms with E-state index in [0.717, 1.165) is 25.2 Å². The lowest BCUT2D eigenvalue weighted by Crippen LogP contribution is -2.16. The molecule has 1 aromatic rings. The number of aryl methyl sites for hydroxylation is 1. The van der Waals surface area contributed by atoms with Crippen LogP contribution < -0.4 is 4.74 Å². The summed E-state index contributed by atoms with van der Waals surface area (Å²) in [4.78, 5) is 0. The third kappa shape index (κ3) is 5.07. The number of unbranched alkanes of at least 4 members (excludes halogenated alkanes) is 3. The molecule has 0 spiro atoms. The standard InChI is InChI=1S/C17H24O2/c1-3-4-5-6-7-8-15-9-11-16(12-10-15)18-13-17(2)14-19-17/h3,9-12H,1,4-8,13-14H2,2H3. The first-order valence-electron chi connectivity index (χ1n) is 7.18. The van der Waals surface area contributed by atoms with Gasteiger partial charge in [0.1, 0.15) is 18.0 Å². The molecule has 0 radical (unpaired) electrons. The van der Waals surface area contributed by atoms with E-state index < -0.39 is 0 Å². The van der Waals surface area contributed by atoms with Crippen molar-refractivity contribution in [2.75, 3.05) is 13.2 Å². The quantitative estimate of drug-likeness (QED) is 0.378. The van der Waals surface area contributed by atoms with Gasteiger partial charge in [-0.1, -0.05) is 24.6 Å². The second kappa shape index (κ2) is 6.76. The molecule has 0 saturated carbocycles. The van der Waals surface area contributed by atoms with Crippen LogP contribution in [0, 0.1) is 0 Å². The van der Waals surface area contributed by atoms with Gasteiger partial charge in [-0.05, 0) is 50.3 Å². The zero-order valence-corrected chi connectivity index (χ0v) is 11.9. The molecule has 2 heteroatoms. The Morgan fingerprint density at radius 2 is 2.00 bits per heavy atom. The smallest absolute Gasteiger partial charge is 0.123 e. The highest BCUT2D eigenvalue weighted by molar-refractivity contribution is 5.27. The van der Waals surface area contributed by atoms with Gasteiger partial charge in [0.15, 0.2) is 0 Å². The van der Waals surface area contributed by atoms with E-state index in [2.05, 4.69) is 37.8 Å². The largest absolute Gasteiger partial charge is 0.491 e. The first-order valence-corrected chi connectivity index (χ1v) is 7.18. The van der Waals surface area contributed by atoms with Crippen LogP contribution in [0.4, 0.5) is 0 Å². The summed E-state index contributed by atoms with van der Waals surface area (Å²) in [5, 5.41) is 0. The average Bonchev–Trinajstić information content (AvgIpc) is 3.16. The summed E-state index contributed by atoms with van der Waals surface area (Å²) in [6, 6.07) is 8.45. The molecule has 0 N–H and O–H groups in total. The summed E-state index contributed by atoms with van der Waals surface area (Å²) in [6.07, 6.45) is 8.06. The van der Waals surface area contributed by atoms with Gasteiger partial charge in [0.05, 0.1) is 6.61 Å². The zero-order valence-electron chi connectivity index (χ0n) is 11.9. The fourth-order valence-corrected chi connectivity index (χ4v) is 1.99. The fourth-order valence-electron chi connectivity index (χ4n) is 1.99. The van der Waals surface area contributed by atoms with E-state index >= 15 is 0 Å². The highest BCUT2D eigenvalue weighted by atomic mass is 16.6. The summed E-state index contributed by atoms with van der Waals surface area (Å²) in [7, 11) is 0. The van der Waals surface area contributed by atoms with E-state index in [4.69, 9.17) is 9.47 Å². The number of allylic oxidation sites excluding steroid dienone is 1. The number of hydrogen-bond donors (Lipinski definition) is 0. The van der Waals surface area contributed by atoms with Crippen LogP contribution >= 0.6 is 0 Å². The summed E-state index contributed by atoms with van der Waals surface area (Å²) in [5.74, 6) is 0.937. The Labute approximate surface area is 116 Å². The number of benzene rings is 1. The molecule has 0 aliphatic carbocycles. The zero-order chi connectivity index (χ0) is 13.6. The fraction of sp³-hybridized carbons (Fsp3) is 0.529. The van der Waals surface area contributed by atoms with E-state index in [1.54, 1.807) is 0 Å². The highest BCUT2D eigenvalue weighted by Gasteiger charge is 2.40. The molecule has 1 heterocycles.